The third kappa shape index (κ3) is 3.96. The molecule has 0 aliphatic carbocycles. The lowest BCUT2D eigenvalue weighted by atomic mass is 10.1. The summed E-state index contributed by atoms with van der Waals surface area (Å²) in [7, 11) is 0. The highest BCUT2D eigenvalue weighted by atomic mass is 32.1. The van der Waals surface area contributed by atoms with E-state index in [1.165, 1.54) is 11.3 Å². The van der Waals surface area contributed by atoms with Crippen LogP contribution in [-0.4, -0.2) is 16.0 Å². The molecule has 2 N–H and O–H groups in total. The van der Waals surface area contributed by atoms with E-state index in [-0.39, 0.29) is 6.03 Å². The van der Waals surface area contributed by atoms with Gasteiger partial charge in [0.25, 0.3) is 0 Å². The number of pyridine rings is 1. The lowest BCUT2D eigenvalue weighted by molar-refractivity contribution is 0.262. The zero-order valence-electron chi connectivity index (χ0n) is 15.0. The van der Waals surface area contributed by atoms with Crippen molar-refractivity contribution in [2.75, 3.05) is 10.6 Å². The molecule has 0 aliphatic rings. The fourth-order valence-corrected chi connectivity index (χ4v) is 3.87. The summed E-state index contributed by atoms with van der Waals surface area (Å²) in [6.45, 7) is 4.01. The maximum atomic E-state index is 12.3. The first-order valence-electron chi connectivity index (χ1n) is 8.55. The van der Waals surface area contributed by atoms with E-state index < -0.39 is 0 Å². The van der Waals surface area contributed by atoms with E-state index in [1.807, 2.05) is 62.4 Å². The molecule has 2 amide bonds. The summed E-state index contributed by atoms with van der Waals surface area (Å²) in [5, 5.41) is 6.64. The van der Waals surface area contributed by atoms with E-state index in [0.29, 0.717) is 5.69 Å². The Kier molecular flexibility index (Phi) is 4.56. The van der Waals surface area contributed by atoms with Gasteiger partial charge in [0, 0.05) is 23.1 Å². The zero-order chi connectivity index (χ0) is 18.8. The second-order valence-electron chi connectivity index (χ2n) is 6.38. The van der Waals surface area contributed by atoms with Crippen LogP contribution in [0.25, 0.3) is 20.9 Å². The highest BCUT2D eigenvalue weighted by Crippen LogP contribution is 2.30. The summed E-state index contributed by atoms with van der Waals surface area (Å²) in [5.74, 6) is 0. The first-order chi connectivity index (χ1) is 13.1. The third-order valence-corrected chi connectivity index (χ3v) is 5.04. The number of anilines is 2. The minimum absolute atomic E-state index is 0.275. The predicted molar refractivity (Wildman–Crippen MR) is 111 cm³/mol. The average molecular weight is 374 g/mol. The molecule has 4 rings (SSSR count). The van der Waals surface area contributed by atoms with Crippen LogP contribution in [0.4, 0.5) is 16.2 Å². The Morgan fingerprint density at radius 1 is 0.926 bits per heavy atom. The number of benzene rings is 2. The van der Waals surface area contributed by atoms with Crippen molar-refractivity contribution in [1.29, 1.82) is 0 Å². The van der Waals surface area contributed by atoms with E-state index in [2.05, 4.69) is 26.7 Å². The summed E-state index contributed by atoms with van der Waals surface area (Å²) in [6, 6.07) is 17.2. The van der Waals surface area contributed by atoms with Gasteiger partial charge in [-0.1, -0.05) is 29.5 Å². The molecule has 0 bridgehead atoms. The van der Waals surface area contributed by atoms with Gasteiger partial charge < -0.3 is 10.6 Å². The Morgan fingerprint density at radius 2 is 1.70 bits per heavy atom. The van der Waals surface area contributed by atoms with Crippen molar-refractivity contribution in [3.63, 3.8) is 0 Å². The SMILES string of the molecule is Cc1cc(C)cc(NC(=O)Nc2cccc(-c3nc4cccnc4s3)c2)c1. The van der Waals surface area contributed by atoms with E-state index in [1.54, 1.807) is 6.20 Å². The molecule has 0 radical (unpaired) electrons. The fraction of sp³-hybridized carbons (Fsp3) is 0.0952. The van der Waals surface area contributed by atoms with Crippen molar-refractivity contribution in [3.05, 3.63) is 71.9 Å². The molecular formula is C21H18N4OS. The summed E-state index contributed by atoms with van der Waals surface area (Å²) in [4.78, 5) is 22.2. The predicted octanol–water partition coefficient (Wildman–Crippen LogP) is 5.62. The van der Waals surface area contributed by atoms with Crippen LogP contribution >= 0.6 is 11.3 Å². The molecule has 27 heavy (non-hydrogen) atoms. The van der Waals surface area contributed by atoms with Gasteiger partial charge in [-0.15, -0.1) is 0 Å². The van der Waals surface area contributed by atoms with Gasteiger partial charge in [-0.25, -0.2) is 14.8 Å². The highest BCUT2D eigenvalue weighted by Gasteiger charge is 2.09. The number of aryl methyl sites for hydroxylation is 2. The molecule has 6 heteroatoms. The van der Waals surface area contributed by atoms with Crippen LogP contribution in [0.3, 0.4) is 0 Å². The number of urea groups is 1. The molecule has 2 aromatic carbocycles. The Morgan fingerprint density at radius 3 is 2.48 bits per heavy atom. The minimum Gasteiger partial charge on any atom is -0.308 e. The second-order valence-corrected chi connectivity index (χ2v) is 7.36. The van der Waals surface area contributed by atoms with Crippen LogP contribution in [-0.2, 0) is 0 Å². The van der Waals surface area contributed by atoms with Gasteiger partial charge in [0.15, 0.2) is 0 Å². The van der Waals surface area contributed by atoms with Crippen molar-refractivity contribution in [1.82, 2.24) is 9.97 Å². The van der Waals surface area contributed by atoms with E-state index in [0.717, 1.165) is 37.7 Å². The molecule has 2 aromatic heterocycles. The molecule has 0 fully saturated rings. The summed E-state index contributed by atoms with van der Waals surface area (Å²) < 4.78 is 0. The van der Waals surface area contributed by atoms with E-state index >= 15 is 0 Å². The first-order valence-corrected chi connectivity index (χ1v) is 9.37. The highest BCUT2D eigenvalue weighted by molar-refractivity contribution is 7.21. The van der Waals surface area contributed by atoms with Crippen LogP contribution in [0, 0.1) is 13.8 Å². The molecular weight excluding hydrogens is 356 g/mol. The van der Waals surface area contributed by atoms with Gasteiger partial charge in [-0.05, 0) is 61.4 Å². The van der Waals surface area contributed by atoms with Gasteiger partial charge in [0.2, 0.25) is 0 Å². The maximum Gasteiger partial charge on any atom is 0.323 e. The van der Waals surface area contributed by atoms with Crippen LogP contribution in [0.1, 0.15) is 11.1 Å². The van der Waals surface area contributed by atoms with Gasteiger partial charge in [-0.3, -0.25) is 0 Å². The fourth-order valence-electron chi connectivity index (χ4n) is 2.96. The Balaban J connectivity index is 1.52. The molecule has 0 aliphatic heterocycles. The number of aromatic nitrogens is 2. The monoisotopic (exact) mass is 374 g/mol. The third-order valence-electron chi connectivity index (χ3n) is 4.01. The molecule has 5 nitrogen and oxygen atoms in total. The molecule has 0 saturated carbocycles. The topological polar surface area (TPSA) is 66.9 Å². The zero-order valence-corrected chi connectivity index (χ0v) is 15.8. The van der Waals surface area contributed by atoms with Gasteiger partial charge in [0.05, 0.1) is 0 Å². The number of hydrogen-bond acceptors (Lipinski definition) is 4. The van der Waals surface area contributed by atoms with E-state index in [4.69, 9.17) is 0 Å². The van der Waals surface area contributed by atoms with Gasteiger partial charge in [0.1, 0.15) is 15.4 Å². The maximum absolute atomic E-state index is 12.3. The van der Waals surface area contributed by atoms with Crippen molar-refractivity contribution in [3.8, 4) is 10.6 Å². The van der Waals surface area contributed by atoms with Crippen LogP contribution < -0.4 is 10.6 Å². The lowest BCUT2D eigenvalue weighted by Crippen LogP contribution is -2.19. The van der Waals surface area contributed by atoms with Crippen LogP contribution in [0.2, 0.25) is 0 Å². The van der Waals surface area contributed by atoms with E-state index in [9.17, 15) is 4.79 Å². The molecule has 4 aromatic rings. The lowest BCUT2D eigenvalue weighted by Gasteiger charge is -2.10. The average Bonchev–Trinajstić information content (AvgIpc) is 3.05. The Bertz CT molecular complexity index is 1080. The number of fused-ring (bicyclic) bond motifs is 1. The Labute approximate surface area is 161 Å². The quantitative estimate of drug-likeness (QED) is 0.489. The normalized spacial score (nSPS) is 10.7. The number of amides is 2. The number of hydrogen-bond donors (Lipinski definition) is 2. The van der Waals surface area contributed by atoms with Crippen molar-refractivity contribution < 1.29 is 4.79 Å². The Hall–Kier alpha value is -3.25. The number of carbonyl (C=O) groups is 1. The van der Waals surface area contributed by atoms with Crippen molar-refractivity contribution in [2.45, 2.75) is 13.8 Å². The van der Waals surface area contributed by atoms with Crippen molar-refractivity contribution in [2.24, 2.45) is 0 Å². The number of thiazole rings is 1. The number of nitrogens with one attached hydrogen (secondary N) is 2. The molecule has 2 heterocycles. The second kappa shape index (κ2) is 7.17. The number of rotatable bonds is 3. The van der Waals surface area contributed by atoms with Crippen molar-refractivity contribution >= 4 is 39.1 Å². The standard InChI is InChI=1S/C21H18N4OS/c1-13-9-14(2)11-17(10-13)24-21(26)23-16-6-3-5-15(12-16)19-25-18-7-4-8-22-20(18)27-19/h3-12H,1-2H3,(H2,23,24,26). The molecule has 0 atom stereocenters. The van der Waals surface area contributed by atoms with Crippen LogP contribution in [0.5, 0.6) is 0 Å². The molecule has 134 valence electrons. The largest absolute Gasteiger partial charge is 0.323 e. The first kappa shape index (κ1) is 17.2. The smallest absolute Gasteiger partial charge is 0.308 e. The molecule has 0 spiro atoms. The van der Waals surface area contributed by atoms with Gasteiger partial charge in [-0.2, -0.15) is 0 Å². The van der Waals surface area contributed by atoms with Crippen LogP contribution in [0.15, 0.2) is 60.8 Å². The molecule has 0 saturated heterocycles. The minimum atomic E-state index is -0.275. The summed E-state index contributed by atoms with van der Waals surface area (Å²) in [5.41, 5.74) is 5.53. The van der Waals surface area contributed by atoms with Gasteiger partial charge >= 0.3 is 6.03 Å². The summed E-state index contributed by atoms with van der Waals surface area (Å²) >= 11 is 1.53. The summed E-state index contributed by atoms with van der Waals surface area (Å²) in [6.07, 6.45) is 1.76. The molecule has 0 unspecified atom stereocenters. The number of carbonyl (C=O) groups excluding carboxylic acids is 1. The number of nitrogens with zero attached hydrogens (tertiary/aromatic N) is 2.